The maximum absolute atomic E-state index is 12.5. The molecule has 0 saturated heterocycles. The zero-order chi connectivity index (χ0) is 16.8. The van der Waals surface area contributed by atoms with Crippen molar-refractivity contribution in [2.45, 2.75) is 39.2 Å². The van der Waals surface area contributed by atoms with Gasteiger partial charge < -0.3 is 14.9 Å². The molecule has 0 fully saturated rings. The first-order valence-corrected chi connectivity index (χ1v) is 7.46. The van der Waals surface area contributed by atoms with Gasteiger partial charge in [0.05, 0.1) is 5.69 Å². The van der Waals surface area contributed by atoms with Crippen LogP contribution in [0.2, 0.25) is 0 Å². The van der Waals surface area contributed by atoms with Crippen molar-refractivity contribution in [1.82, 2.24) is 15.5 Å². The Balaban J connectivity index is 2.26. The van der Waals surface area contributed by atoms with Gasteiger partial charge in [-0.15, -0.1) is 0 Å². The maximum atomic E-state index is 12.5. The molecule has 2 rings (SSSR count). The van der Waals surface area contributed by atoms with Crippen LogP contribution in [0.25, 0.3) is 11.4 Å². The van der Waals surface area contributed by atoms with E-state index in [2.05, 4.69) is 15.5 Å². The minimum atomic E-state index is -1.06. The number of unbranched alkanes of at least 4 members (excludes halogenated alkanes) is 1. The third-order valence-corrected chi connectivity index (χ3v) is 3.45. The first kappa shape index (κ1) is 16.7. The van der Waals surface area contributed by atoms with E-state index in [0.29, 0.717) is 30.0 Å². The number of hydrogen-bond donors (Lipinski definition) is 2. The molecule has 0 bridgehead atoms. The second kappa shape index (κ2) is 7.53. The Morgan fingerprint density at radius 3 is 2.78 bits per heavy atom. The smallest absolute Gasteiger partial charge is 0.326 e. The zero-order valence-corrected chi connectivity index (χ0v) is 13.1. The van der Waals surface area contributed by atoms with Crippen LogP contribution >= 0.6 is 0 Å². The molecular formula is C16H19N3O4. The number of carboxylic acid groups (broad SMARTS) is 1. The summed E-state index contributed by atoms with van der Waals surface area (Å²) in [5.74, 6) is -1.25. The Bertz CT molecular complexity index is 682. The molecule has 0 saturated carbocycles. The summed E-state index contributed by atoms with van der Waals surface area (Å²) in [6, 6.07) is 4.30. The Morgan fingerprint density at radius 2 is 2.17 bits per heavy atom. The molecule has 0 aromatic carbocycles. The fourth-order valence-electron chi connectivity index (χ4n) is 2.21. The molecule has 1 atom stereocenters. The molecule has 2 aromatic rings. The molecule has 0 spiro atoms. The van der Waals surface area contributed by atoms with Crippen molar-refractivity contribution in [3.05, 3.63) is 35.7 Å². The first-order valence-electron chi connectivity index (χ1n) is 7.46. The van der Waals surface area contributed by atoms with Gasteiger partial charge in [-0.25, -0.2) is 4.79 Å². The number of nitrogens with zero attached hydrogens (tertiary/aromatic N) is 2. The highest BCUT2D eigenvalue weighted by Crippen LogP contribution is 2.23. The van der Waals surface area contributed by atoms with Gasteiger partial charge >= 0.3 is 5.97 Å². The quantitative estimate of drug-likeness (QED) is 0.812. The van der Waals surface area contributed by atoms with Crippen molar-refractivity contribution in [1.29, 1.82) is 0 Å². The number of nitrogens with one attached hydrogen (secondary N) is 1. The van der Waals surface area contributed by atoms with Crippen molar-refractivity contribution >= 4 is 11.9 Å². The van der Waals surface area contributed by atoms with Gasteiger partial charge in [-0.1, -0.05) is 31.0 Å². The van der Waals surface area contributed by atoms with Crippen molar-refractivity contribution in [3.8, 4) is 11.4 Å². The zero-order valence-electron chi connectivity index (χ0n) is 13.1. The summed E-state index contributed by atoms with van der Waals surface area (Å²) >= 11 is 0. The van der Waals surface area contributed by atoms with Crippen LogP contribution in [0.1, 0.15) is 42.3 Å². The second-order valence-corrected chi connectivity index (χ2v) is 5.18. The van der Waals surface area contributed by atoms with E-state index in [1.807, 2.05) is 6.92 Å². The monoisotopic (exact) mass is 317 g/mol. The largest absolute Gasteiger partial charge is 0.480 e. The lowest BCUT2D eigenvalue weighted by molar-refractivity contribution is -0.139. The predicted octanol–water partition coefficient (Wildman–Crippen LogP) is 2.42. The standard InChI is InChI=1S/C16H19N3O4/c1-3-4-7-12(16(21)22)18-15(20)13-10(2)23-19-14(13)11-8-5-6-9-17-11/h5-6,8-9,12H,3-4,7H2,1-2H3,(H,18,20)(H,21,22). The van der Waals surface area contributed by atoms with Gasteiger partial charge in [0.15, 0.2) is 0 Å². The molecule has 0 radical (unpaired) electrons. The number of pyridine rings is 1. The molecule has 7 nitrogen and oxygen atoms in total. The average Bonchev–Trinajstić information content (AvgIpc) is 2.93. The Labute approximate surface area is 133 Å². The van der Waals surface area contributed by atoms with E-state index >= 15 is 0 Å². The minimum Gasteiger partial charge on any atom is -0.480 e. The van der Waals surface area contributed by atoms with E-state index in [1.165, 1.54) is 0 Å². The molecule has 122 valence electrons. The van der Waals surface area contributed by atoms with Crippen molar-refractivity contribution < 1.29 is 19.2 Å². The van der Waals surface area contributed by atoms with Crippen LogP contribution in [-0.2, 0) is 4.79 Å². The van der Waals surface area contributed by atoms with Crippen molar-refractivity contribution in [2.24, 2.45) is 0 Å². The molecule has 7 heteroatoms. The third kappa shape index (κ3) is 3.94. The lowest BCUT2D eigenvalue weighted by Crippen LogP contribution is -2.41. The van der Waals surface area contributed by atoms with Crippen LogP contribution in [0, 0.1) is 6.92 Å². The SMILES string of the molecule is CCCCC(NC(=O)c1c(-c2ccccn2)noc1C)C(=O)O. The molecule has 23 heavy (non-hydrogen) atoms. The molecule has 1 amide bonds. The van der Waals surface area contributed by atoms with Gasteiger partial charge in [-0.3, -0.25) is 9.78 Å². The Kier molecular flexibility index (Phi) is 5.46. The number of aryl methyl sites for hydroxylation is 1. The van der Waals surface area contributed by atoms with Gasteiger partial charge in [-0.05, 0) is 25.5 Å². The summed E-state index contributed by atoms with van der Waals surface area (Å²) in [6.07, 6.45) is 3.53. The van der Waals surface area contributed by atoms with E-state index < -0.39 is 17.9 Å². The van der Waals surface area contributed by atoms with Gasteiger partial charge in [-0.2, -0.15) is 0 Å². The highest BCUT2D eigenvalue weighted by molar-refractivity contribution is 6.01. The molecule has 2 aromatic heterocycles. The molecule has 2 N–H and O–H groups in total. The molecule has 0 aliphatic rings. The number of carboxylic acids is 1. The number of aromatic nitrogens is 2. The fourth-order valence-corrected chi connectivity index (χ4v) is 2.21. The average molecular weight is 317 g/mol. The van der Waals surface area contributed by atoms with Crippen LogP contribution in [0.15, 0.2) is 28.9 Å². The molecule has 2 heterocycles. The fraction of sp³-hybridized carbons (Fsp3) is 0.375. The summed E-state index contributed by atoms with van der Waals surface area (Å²) in [5, 5.41) is 15.6. The Morgan fingerprint density at radius 1 is 1.39 bits per heavy atom. The van der Waals surface area contributed by atoms with Gasteiger partial charge in [0.2, 0.25) is 0 Å². The van der Waals surface area contributed by atoms with E-state index in [9.17, 15) is 14.7 Å². The normalized spacial score (nSPS) is 11.9. The maximum Gasteiger partial charge on any atom is 0.326 e. The van der Waals surface area contributed by atoms with Gasteiger partial charge in [0.1, 0.15) is 23.1 Å². The number of amides is 1. The van der Waals surface area contributed by atoms with Crippen LogP contribution in [0.3, 0.4) is 0 Å². The second-order valence-electron chi connectivity index (χ2n) is 5.18. The van der Waals surface area contributed by atoms with Crippen LogP contribution in [0.4, 0.5) is 0 Å². The number of hydrogen-bond acceptors (Lipinski definition) is 5. The molecule has 0 aliphatic heterocycles. The number of carbonyl (C=O) groups excluding carboxylic acids is 1. The highest BCUT2D eigenvalue weighted by atomic mass is 16.5. The summed E-state index contributed by atoms with van der Waals surface area (Å²) in [4.78, 5) is 27.9. The predicted molar refractivity (Wildman–Crippen MR) is 82.9 cm³/mol. The lowest BCUT2D eigenvalue weighted by Gasteiger charge is -2.14. The van der Waals surface area contributed by atoms with Crippen molar-refractivity contribution in [3.63, 3.8) is 0 Å². The molecular weight excluding hydrogens is 298 g/mol. The van der Waals surface area contributed by atoms with Gasteiger partial charge in [0, 0.05) is 6.20 Å². The minimum absolute atomic E-state index is 0.214. The van der Waals surface area contributed by atoms with E-state index in [-0.39, 0.29) is 5.56 Å². The first-order chi connectivity index (χ1) is 11.0. The summed E-state index contributed by atoms with van der Waals surface area (Å²) in [6.45, 7) is 3.57. The number of aliphatic carboxylic acids is 1. The highest BCUT2D eigenvalue weighted by Gasteiger charge is 2.26. The van der Waals surface area contributed by atoms with E-state index in [0.717, 1.165) is 6.42 Å². The summed E-state index contributed by atoms with van der Waals surface area (Å²) in [7, 11) is 0. The molecule has 1 unspecified atom stereocenters. The third-order valence-electron chi connectivity index (χ3n) is 3.45. The summed E-state index contributed by atoms with van der Waals surface area (Å²) < 4.78 is 5.10. The Hall–Kier alpha value is -2.70. The van der Waals surface area contributed by atoms with E-state index in [4.69, 9.17) is 4.52 Å². The number of rotatable bonds is 7. The van der Waals surface area contributed by atoms with Crippen molar-refractivity contribution in [2.75, 3.05) is 0 Å². The van der Waals surface area contributed by atoms with Crippen LogP contribution < -0.4 is 5.32 Å². The van der Waals surface area contributed by atoms with Gasteiger partial charge in [0.25, 0.3) is 5.91 Å². The van der Waals surface area contributed by atoms with E-state index in [1.54, 1.807) is 31.3 Å². The van der Waals surface area contributed by atoms with Crippen LogP contribution in [0.5, 0.6) is 0 Å². The topological polar surface area (TPSA) is 105 Å². The summed E-state index contributed by atoms with van der Waals surface area (Å²) in [5.41, 5.74) is 1.02. The molecule has 0 aliphatic carbocycles. The lowest BCUT2D eigenvalue weighted by atomic mass is 10.1. The van der Waals surface area contributed by atoms with Crippen LogP contribution in [-0.4, -0.2) is 33.2 Å². The number of carbonyl (C=O) groups is 2.